The number of nitrogens with zero attached hydrogens (tertiary/aromatic N) is 1. The molecule has 1 atom stereocenters. The van der Waals surface area contributed by atoms with E-state index in [2.05, 4.69) is 9.88 Å². The second-order valence-electron chi connectivity index (χ2n) is 8.48. The summed E-state index contributed by atoms with van der Waals surface area (Å²) in [6.45, 7) is 3.25. The van der Waals surface area contributed by atoms with E-state index in [1.165, 1.54) is 18.2 Å². The van der Waals surface area contributed by atoms with E-state index in [4.69, 9.17) is 4.74 Å². The summed E-state index contributed by atoms with van der Waals surface area (Å²) >= 11 is 0. The minimum Gasteiger partial charge on any atom is -0.383 e. The fourth-order valence-corrected chi connectivity index (χ4v) is 4.34. The number of rotatable bonds is 9. The third-order valence-corrected chi connectivity index (χ3v) is 6.01. The van der Waals surface area contributed by atoms with Gasteiger partial charge in [-0.25, -0.2) is 8.78 Å². The number of amides is 1. The number of benzene rings is 3. The molecule has 34 heavy (non-hydrogen) atoms. The number of fused-ring (bicyclic) bond motifs is 1. The normalized spacial score (nSPS) is 12.1. The van der Waals surface area contributed by atoms with Crippen molar-refractivity contribution < 1.29 is 18.3 Å². The molecule has 0 bridgehead atoms. The summed E-state index contributed by atoms with van der Waals surface area (Å²) in [5, 5.41) is 3.82. The Labute approximate surface area is 198 Å². The summed E-state index contributed by atoms with van der Waals surface area (Å²) < 4.78 is 35.5. The van der Waals surface area contributed by atoms with Gasteiger partial charge in [-0.2, -0.15) is 0 Å². The van der Waals surface area contributed by atoms with E-state index in [1.54, 1.807) is 25.3 Å². The highest BCUT2D eigenvalue weighted by Gasteiger charge is 2.25. The molecule has 0 unspecified atom stereocenters. The predicted molar refractivity (Wildman–Crippen MR) is 130 cm³/mol. The lowest BCUT2D eigenvalue weighted by Crippen LogP contribution is -2.28. The number of methoxy groups -OCH3 is 1. The van der Waals surface area contributed by atoms with Gasteiger partial charge in [-0.15, -0.1) is 0 Å². The molecule has 176 valence electrons. The summed E-state index contributed by atoms with van der Waals surface area (Å²) in [5.41, 5.74) is 4.22. The standard InChI is InChI=1S/C28H28F2N2O2/c1-19-7-12-26(30)24(15-19)23(16-28(33)31-13-14-34-2)25-18-32(27-6-4-3-5-22(25)27)17-20-8-10-21(29)11-9-20/h3-12,15,18,23H,13-14,16-17H2,1-2H3,(H,31,33)/t23-/m1/s1. The van der Waals surface area contributed by atoms with Crippen LogP contribution >= 0.6 is 0 Å². The van der Waals surface area contributed by atoms with Crippen molar-refractivity contribution in [2.75, 3.05) is 20.3 Å². The summed E-state index contributed by atoms with van der Waals surface area (Å²) in [6.07, 6.45) is 2.09. The Kier molecular flexibility index (Phi) is 7.38. The molecule has 0 saturated heterocycles. The van der Waals surface area contributed by atoms with E-state index in [0.717, 1.165) is 27.6 Å². The number of para-hydroxylation sites is 1. The van der Waals surface area contributed by atoms with Crippen LogP contribution in [0, 0.1) is 18.6 Å². The number of hydrogen-bond donors (Lipinski definition) is 1. The molecule has 6 heteroatoms. The van der Waals surface area contributed by atoms with Crippen LogP contribution in [0.15, 0.2) is 72.9 Å². The first-order chi connectivity index (χ1) is 16.5. The molecule has 0 radical (unpaired) electrons. The largest absolute Gasteiger partial charge is 0.383 e. The van der Waals surface area contributed by atoms with Crippen molar-refractivity contribution in [2.24, 2.45) is 0 Å². The van der Waals surface area contributed by atoms with Crippen LogP contribution in [0.5, 0.6) is 0 Å². The van der Waals surface area contributed by atoms with Crippen molar-refractivity contribution in [3.8, 4) is 0 Å². The van der Waals surface area contributed by atoms with Crippen molar-refractivity contribution in [2.45, 2.75) is 25.8 Å². The lowest BCUT2D eigenvalue weighted by molar-refractivity contribution is -0.121. The Bertz CT molecular complexity index is 1280. The highest BCUT2D eigenvalue weighted by atomic mass is 19.1. The topological polar surface area (TPSA) is 43.3 Å². The summed E-state index contributed by atoms with van der Waals surface area (Å²) in [6, 6.07) is 19.3. The summed E-state index contributed by atoms with van der Waals surface area (Å²) in [4.78, 5) is 12.8. The van der Waals surface area contributed by atoms with E-state index in [-0.39, 0.29) is 24.0 Å². The van der Waals surface area contributed by atoms with Gasteiger partial charge in [0.2, 0.25) is 5.91 Å². The van der Waals surface area contributed by atoms with Crippen molar-refractivity contribution in [1.82, 2.24) is 9.88 Å². The van der Waals surface area contributed by atoms with Gasteiger partial charge >= 0.3 is 0 Å². The maximum Gasteiger partial charge on any atom is 0.221 e. The third-order valence-electron chi connectivity index (χ3n) is 6.01. The quantitative estimate of drug-likeness (QED) is 0.331. The van der Waals surface area contributed by atoms with Gasteiger partial charge in [-0.05, 0) is 47.9 Å². The van der Waals surface area contributed by atoms with E-state index in [0.29, 0.717) is 25.3 Å². The van der Waals surface area contributed by atoms with Crippen LogP contribution in [-0.4, -0.2) is 30.7 Å². The molecule has 1 aromatic heterocycles. The first-order valence-electron chi connectivity index (χ1n) is 11.3. The number of ether oxygens (including phenoxy) is 1. The van der Waals surface area contributed by atoms with Gasteiger partial charge < -0.3 is 14.6 Å². The molecule has 0 saturated carbocycles. The SMILES string of the molecule is COCCNC(=O)C[C@H](c1cc(C)ccc1F)c1cn(Cc2ccc(F)cc2)c2ccccc12. The lowest BCUT2D eigenvalue weighted by Gasteiger charge is -2.18. The summed E-state index contributed by atoms with van der Waals surface area (Å²) in [5.74, 6) is -1.26. The Morgan fingerprint density at radius 1 is 1.03 bits per heavy atom. The highest BCUT2D eigenvalue weighted by molar-refractivity contribution is 5.87. The minimum absolute atomic E-state index is 0.106. The average Bonchev–Trinajstić information content (AvgIpc) is 3.19. The van der Waals surface area contributed by atoms with Crippen LogP contribution in [0.3, 0.4) is 0 Å². The van der Waals surface area contributed by atoms with E-state index in [1.807, 2.05) is 43.5 Å². The molecule has 1 amide bonds. The van der Waals surface area contributed by atoms with E-state index < -0.39 is 5.92 Å². The number of halogens is 2. The maximum atomic E-state index is 15.1. The van der Waals surface area contributed by atoms with Gasteiger partial charge in [0.25, 0.3) is 0 Å². The smallest absolute Gasteiger partial charge is 0.221 e. The van der Waals surface area contributed by atoms with Crippen molar-refractivity contribution >= 4 is 16.8 Å². The predicted octanol–water partition coefficient (Wildman–Crippen LogP) is 5.56. The fourth-order valence-electron chi connectivity index (χ4n) is 4.34. The Balaban J connectivity index is 1.78. The van der Waals surface area contributed by atoms with Crippen LogP contribution in [0.1, 0.15) is 34.6 Å². The average molecular weight is 463 g/mol. The molecule has 1 N–H and O–H groups in total. The first-order valence-corrected chi connectivity index (χ1v) is 11.3. The van der Waals surface area contributed by atoms with Crippen molar-refractivity contribution in [3.05, 3.63) is 107 Å². The van der Waals surface area contributed by atoms with Crippen LogP contribution in [0.25, 0.3) is 10.9 Å². The number of aromatic nitrogens is 1. The molecule has 0 spiro atoms. The molecule has 0 aliphatic heterocycles. The van der Waals surface area contributed by atoms with Gasteiger partial charge in [0.15, 0.2) is 0 Å². The van der Waals surface area contributed by atoms with Crippen molar-refractivity contribution in [1.29, 1.82) is 0 Å². The second kappa shape index (κ2) is 10.6. The molecular formula is C28H28F2N2O2. The zero-order valence-electron chi connectivity index (χ0n) is 19.4. The molecule has 4 aromatic rings. The van der Waals surface area contributed by atoms with E-state index >= 15 is 4.39 Å². The minimum atomic E-state index is -0.471. The molecule has 0 fully saturated rings. The Morgan fingerprint density at radius 2 is 1.79 bits per heavy atom. The molecule has 4 rings (SSSR count). The highest BCUT2D eigenvalue weighted by Crippen LogP contribution is 2.36. The number of carbonyl (C=O) groups is 1. The molecular weight excluding hydrogens is 434 g/mol. The summed E-state index contributed by atoms with van der Waals surface area (Å²) in [7, 11) is 1.58. The first kappa shape index (κ1) is 23.6. The number of hydrogen-bond acceptors (Lipinski definition) is 2. The van der Waals surface area contributed by atoms with E-state index in [9.17, 15) is 9.18 Å². The number of nitrogens with one attached hydrogen (secondary N) is 1. The van der Waals surface area contributed by atoms with Crippen LogP contribution in [-0.2, 0) is 16.1 Å². The third kappa shape index (κ3) is 5.34. The van der Waals surface area contributed by atoms with Crippen molar-refractivity contribution in [3.63, 3.8) is 0 Å². The van der Waals surface area contributed by atoms with Gasteiger partial charge in [-0.1, -0.05) is 48.0 Å². The molecule has 4 nitrogen and oxygen atoms in total. The van der Waals surface area contributed by atoms with Gasteiger partial charge in [0.05, 0.1) is 6.61 Å². The molecule has 0 aliphatic rings. The van der Waals surface area contributed by atoms with Crippen LogP contribution < -0.4 is 5.32 Å². The molecule has 1 heterocycles. The zero-order valence-corrected chi connectivity index (χ0v) is 19.4. The molecule has 0 aliphatic carbocycles. The number of carbonyl (C=O) groups excluding carboxylic acids is 1. The second-order valence-corrected chi connectivity index (χ2v) is 8.48. The van der Waals surface area contributed by atoms with Gasteiger partial charge in [-0.3, -0.25) is 4.79 Å². The van der Waals surface area contributed by atoms with Crippen LogP contribution in [0.4, 0.5) is 8.78 Å². The number of aryl methyl sites for hydroxylation is 1. The van der Waals surface area contributed by atoms with Gasteiger partial charge in [0, 0.05) is 49.6 Å². The lowest BCUT2D eigenvalue weighted by atomic mass is 9.87. The fraction of sp³-hybridized carbons (Fsp3) is 0.250. The maximum absolute atomic E-state index is 15.1. The Hall–Kier alpha value is -3.51. The van der Waals surface area contributed by atoms with Crippen LogP contribution in [0.2, 0.25) is 0 Å². The monoisotopic (exact) mass is 462 g/mol. The molecule has 3 aromatic carbocycles. The zero-order chi connectivity index (χ0) is 24.1. The Morgan fingerprint density at radius 3 is 2.56 bits per heavy atom. The van der Waals surface area contributed by atoms with Gasteiger partial charge in [0.1, 0.15) is 11.6 Å².